The molecular weight excluding hydrogens is 465 g/mol. The van der Waals surface area contributed by atoms with E-state index in [9.17, 15) is 0 Å². The molecule has 1 aromatic carbocycles. The Labute approximate surface area is 185 Å². The van der Waals surface area contributed by atoms with Crippen LogP contribution in [0.5, 0.6) is 0 Å². The Morgan fingerprint density at radius 3 is 2.82 bits per heavy atom. The van der Waals surface area contributed by atoms with E-state index in [0.29, 0.717) is 6.54 Å². The summed E-state index contributed by atoms with van der Waals surface area (Å²) in [6.45, 7) is 6.45. The van der Waals surface area contributed by atoms with Crippen LogP contribution in [0.25, 0.3) is 5.69 Å². The largest absolute Gasteiger partial charge is 0.381 e. The Balaban J connectivity index is 0.00000280. The smallest absolute Gasteiger partial charge is 0.193 e. The molecule has 1 fully saturated rings. The van der Waals surface area contributed by atoms with E-state index in [1.54, 1.807) is 6.20 Å². The van der Waals surface area contributed by atoms with Gasteiger partial charge in [-0.1, -0.05) is 18.2 Å². The van der Waals surface area contributed by atoms with Crippen LogP contribution in [0.4, 0.5) is 0 Å². The van der Waals surface area contributed by atoms with Crippen molar-refractivity contribution in [2.45, 2.75) is 32.7 Å². The number of hydrogen-bond donors (Lipinski definition) is 1. The molecule has 2 heterocycles. The van der Waals surface area contributed by atoms with Crippen LogP contribution in [0.3, 0.4) is 0 Å². The van der Waals surface area contributed by atoms with Crippen molar-refractivity contribution in [3.05, 3.63) is 48.5 Å². The first-order valence-corrected chi connectivity index (χ1v) is 9.91. The molecule has 0 bridgehead atoms. The van der Waals surface area contributed by atoms with Gasteiger partial charge in [0.1, 0.15) is 0 Å². The summed E-state index contributed by atoms with van der Waals surface area (Å²) in [4.78, 5) is 11.3. The fourth-order valence-corrected chi connectivity index (χ4v) is 3.44. The number of rotatable bonds is 7. The second-order valence-electron chi connectivity index (χ2n) is 7.03. The molecule has 3 rings (SSSR count). The Morgan fingerprint density at radius 1 is 1.32 bits per heavy atom. The minimum atomic E-state index is 0. The van der Waals surface area contributed by atoms with E-state index in [1.165, 1.54) is 24.8 Å². The van der Waals surface area contributed by atoms with Crippen molar-refractivity contribution in [1.82, 2.24) is 19.8 Å². The molecule has 2 aromatic rings. The van der Waals surface area contributed by atoms with E-state index in [0.717, 1.165) is 43.9 Å². The maximum atomic E-state index is 5.47. The van der Waals surface area contributed by atoms with Gasteiger partial charge in [-0.25, -0.2) is 9.98 Å². The van der Waals surface area contributed by atoms with Gasteiger partial charge in [0.15, 0.2) is 5.96 Å². The lowest BCUT2D eigenvalue weighted by molar-refractivity contribution is 0.0625. The SMILES string of the molecule is CCNC(=NCc1ccccc1-n1ccnc1)N(C)CCC1CCOCC1.I. The first-order chi connectivity index (χ1) is 13.3. The van der Waals surface area contributed by atoms with Crippen LogP contribution in [0.1, 0.15) is 31.7 Å². The lowest BCUT2D eigenvalue weighted by Crippen LogP contribution is -2.40. The molecule has 0 unspecified atom stereocenters. The lowest BCUT2D eigenvalue weighted by atomic mass is 9.96. The third-order valence-corrected chi connectivity index (χ3v) is 5.08. The number of halogens is 1. The summed E-state index contributed by atoms with van der Waals surface area (Å²) in [5.74, 6) is 1.73. The third-order valence-electron chi connectivity index (χ3n) is 5.08. The summed E-state index contributed by atoms with van der Waals surface area (Å²) in [5, 5.41) is 3.43. The number of aliphatic imine (C=N–C) groups is 1. The first kappa shape index (κ1) is 22.7. The molecule has 0 saturated carbocycles. The number of ether oxygens (including phenoxy) is 1. The molecule has 0 radical (unpaired) electrons. The van der Waals surface area contributed by atoms with Crippen molar-refractivity contribution in [2.24, 2.45) is 10.9 Å². The second kappa shape index (κ2) is 12.1. The molecule has 1 N–H and O–H groups in total. The number of imidazole rings is 1. The average molecular weight is 497 g/mol. The minimum Gasteiger partial charge on any atom is -0.381 e. The minimum absolute atomic E-state index is 0. The van der Waals surface area contributed by atoms with Gasteiger partial charge in [-0.2, -0.15) is 0 Å². The Morgan fingerprint density at radius 2 is 2.11 bits per heavy atom. The van der Waals surface area contributed by atoms with Crippen molar-refractivity contribution in [1.29, 1.82) is 0 Å². The van der Waals surface area contributed by atoms with Gasteiger partial charge in [-0.15, -0.1) is 24.0 Å². The first-order valence-electron chi connectivity index (χ1n) is 9.91. The van der Waals surface area contributed by atoms with Gasteiger partial charge in [0, 0.05) is 45.7 Å². The fourth-order valence-electron chi connectivity index (χ4n) is 3.44. The summed E-state index contributed by atoms with van der Waals surface area (Å²) in [6.07, 6.45) is 9.14. The number of guanidine groups is 1. The van der Waals surface area contributed by atoms with E-state index in [4.69, 9.17) is 9.73 Å². The third kappa shape index (κ3) is 6.48. The molecule has 0 atom stereocenters. The molecule has 7 heteroatoms. The van der Waals surface area contributed by atoms with Crippen LogP contribution >= 0.6 is 24.0 Å². The van der Waals surface area contributed by atoms with Crippen LogP contribution in [0.2, 0.25) is 0 Å². The van der Waals surface area contributed by atoms with E-state index in [2.05, 4.69) is 47.4 Å². The second-order valence-corrected chi connectivity index (χ2v) is 7.03. The van der Waals surface area contributed by atoms with E-state index in [1.807, 2.05) is 23.2 Å². The molecule has 6 nitrogen and oxygen atoms in total. The Bertz CT molecular complexity index is 713. The Kier molecular flexibility index (Phi) is 9.77. The topological polar surface area (TPSA) is 54.7 Å². The highest BCUT2D eigenvalue weighted by atomic mass is 127. The predicted octanol–water partition coefficient (Wildman–Crippen LogP) is 3.70. The number of nitrogens with zero attached hydrogens (tertiary/aromatic N) is 4. The van der Waals surface area contributed by atoms with Gasteiger partial charge in [0.2, 0.25) is 0 Å². The van der Waals surface area contributed by atoms with E-state index < -0.39 is 0 Å². The lowest BCUT2D eigenvalue weighted by Gasteiger charge is -2.27. The van der Waals surface area contributed by atoms with Crippen molar-refractivity contribution in [3.8, 4) is 5.69 Å². The van der Waals surface area contributed by atoms with Gasteiger partial charge >= 0.3 is 0 Å². The van der Waals surface area contributed by atoms with Gasteiger partial charge < -0.3 is 19.5 Å². The van der Waals surface area contributed by atoms with Gasteiger partial charge in [0.05, 0.1) is 18.6 Å². The highest BCUT2D eigenvalue weighted by Gasteiger charge is 2.15. The summed E-state index contributed by atoms with van der Waals surface area (Å²) < 4.78 is 7.50. The summed E-state index contributed by atoms with van der Waals surface area (Å²) in [5.41, 5.74) is 2.31. The molecule has 1 aliphatic rings. The van der Waals surface area contributed by atoms with E-state index in [-0.39, 0.29) is 24.0 Å². The number of nitrogens with one attached hydrogen (secondary N) is 1. The highest BCUT2D eigenvalue weighted by molar-refractivity contribution is 14.0. The van der Waals surface area contributed by atoms with Gasteiger partial charge in [0.25, 0.3) is 0 Å². The quantitative estimate of drug-likeness (QED) is 0.360. The zero-order chi connectivity index (χ0) is 18.9. The number of hydrogen-bond acceptors (Lipinski definition) is 3. The van der Waals surface area contributed by atoms with Gasteiger partial charge in [-0.3, -0.25) is 0 Å². The van der Waals surface area contributed by atoms with Crippen molar-refractivity contribution >= 4 is 29.9 Å². The predicted molar refractivity (Wildman–Crippen MR) is 125 cm³/mol. The van der Waals surface area contributed by atoms with Crippen LogP contribution in [-0.4, -0.2) is 53.8 Å². The zero-order valence-electron chi connectivity index (χ0n) is 16.9. The summed E-state index contributed by atoms with van der Waals surface area (Å²) in [6, 6.07) is 8.35. The van der Waals surface area contributed by atoms with Crippen molar-refractivity contribution in [3.63, 3.8) is 0 Å². The maximum Gasteiger partial charge on any atom is 0.193 e. The highest BCUT2D eigenvalue weighted by Crippen LogP contribution is 2.19. The van der Waals surface area contributed by atoms with Crippen LogP contribution in [-0.2, 0) is 11.3 Å². The van der Waals surface area contributed by atoms with Crippen LogP contribution in [0.15, 0.2) is 48.0 Å². The normalized spacial score (nSPS) is 15.1. The standard InChI is InChI=1S/C21H31N5O.HI/c1-3-23-21(25(2)12-8-18-9-14-27-15-10-18)24-16-19-6-4-5-7-20(19)26-13-11-22-17-26;/h4-7,11,13,17-18H,3,8-10,12,14-16H2,1-2H3,(H,23,24);1H. The average Bonchev–Trinajstić information content (AvgIpc) is 3.25. The number of benzene rings is 1. The summed E-state index contributed by atoms with van der Waals surface area (Å²) >= 11 is 0. The Hall–Kier alpha value is -1.61. The summed E-state index contributed by atoms with van der Waals surface area (Å²) in [7, 11) is 2.13. The monoisotopic (exact) mass is 497 g/mol. The van der Waals surface area contributed by atoms with E-state index >= 15 is 0 Å². The molecule has 0 amide bonds. The molecular formula is C21H32IN5O. The zero-order valence-corrected chi connectivity index (χ0v) is 19.2. The molecule has 154 valence electrons. The number of para-hydroxylation sites is 1. The maximum absolute atomic E-state index is 5.47. The molecule has 0 aliphatic carbocycles. The molecule has 1 aromatic heterocycles. The molecule has 1 saturated heterocycles. The van der Waals surface area contributed by atoms with Crippen LogP contribution < -0.4 is 5.32 Å². The molecule has 0 spiro atoms. The number of aromatic nitrogens is 2. The van der Waals surface area contributed by atoms with Crippen molar-refractivity contribution in [2.75, 3.05) is 33.4 Å². The molecule has 28 heavy (non-hydrogen) atoms. The molecule has 1 aliphatic heterocycles. The van der Waals surface area contributed by atoms with Crippen LogP contribution in [0, 0.1) is 5.92 Å². The van der Waals surface area contributed by atoms with Gasteiger partial charge in [-0.05, 0) is 43.7 Å². The van der Waals surface area contributed by atoms with Crippen molar-refractivity contribution < 1.29 is 4.74 Å². The fraction of sp³-hybridized carbons (Fsp3) is 0.524.